The largest absolute Gasteiger partial charge is 0.354 e. The first-order valence-electron chi connectivity index (χ1n) is 5.04. The third-order valence-corrected chi connectivity index (χ3v) is 4.27. The zero-order chi connectivity index (χ0) is 10.7. The normalized spacial score (nSPS) is 21.7. The van der Waals surface area contributed by atoms with Gasteiger partial charge in [-0.3, -0.25) is 0 Å². The molecule has 1 saturated heterocycles. The van der Waals surface area contributed by atoms with Crippen molar-refractivity contribution in [2.45, 2.75) is 18.1 Å². The minimum absolute atomic E-state index is 0.737. The summed E-state index contributed by atoms with van der Waals surface area (Å²) in [6.07, 6.45) is 8.18. The molecular weight excluding hydrogens is 274 g/mol. The molecule has 0 bridgehead atoms. The molecule has 1 atom stereocenters. The van der Waals surface area contributed by atoms with Gasteiger partial charge in [-0.1, -0.05) is 0 Å². The van der Waals surface area contributed by atoms with Crippen LogP contribution in [0.3, 0.4) is 0 Å². The third kappa shape index (κ3) is 2.64. The minimum Gasteiger partial charge on any atom is -0.354 e. The molecule has 0 spiro atoms. The summed E-state index contributed by atoms with van der Waals surface area (Å²) >= 11 is 5.45. The molecule has 0 aliphatic carbocycles. The quantitative estimate of drug-likeness (QED) is 0.836. The standard InChI is InChI=1S/C10H14BrN3S/c1-15-8-3-2-4-14(6-8)10-9(11)5-12-7-13-10/h5,7-8H,2-4,6H2,1H3. The summed E-state index contributed by atoms with van der Waals surface area (Å²) in [5.74, 6) is 1.03. The maximum absolute atomic E-state index is 4.33. The van der Waals surface area contributed by atoms with Gasteiger partial charge in [0.25, 0.3) is 0 Å². The van der Waals surface area contributed by atoms with Gasteiger partial charge in [-0.2, -0.15) is 11.8 Å². The van der Waals surface area contributed by atoms with Crippen LogP contribution < -0.4 is 4.90 Å². The van der Waals surface area contributed by atoms with Crippen molar-refractivity contribution in [2.75, 3.05) is 24.2 Å². The van der Waals surface area contributed by atoms with Crippen LogP contribution in [0.15, 0.2) is 17.0 Å². The topological polar surface area (TPSA) is 29.0 Å². The van der Waals surface area contributed by atoms with Gasteiger partial charge in [-0.25, -0.2) is 9.97 Å². The SMILES string of the molecule is CSC1CCCN(c2ncncc2Br)C1. The van der Waals surface area contributed by atoms with Crippen LogP contribution in [-0.4, -0.2) is 34.6 Å². The van der Waals surface area contributed by atoms with E-state index in [-0.39, 0.29) is 0 Å². The van der Waals surface area contributed by atoms with Gasteiger partial charge in [0.15, 0.2) is 0 Å². The van der Waals surface area contributed by atoms with Crippen LogP contribution in [-0.2, 0) is 0 Å². The third-order valence-electron chi connectivity index (χ3n) is 2.66. The van der Waals surface area contributed by atoms with Crippen LogP contribution >= 0.6 is 27.7 Å². The molecule has 1 unspecified atom stereocenters. The monoisotopic (exact) mass is 287 g/mol. The van der Waals surface area contributed by atoms with E-state index in [4.69, 9.17) is 0 Å². The number of halogens is 1. The first-order chi connectivity index (χ1) is 7.31. The molecule has 1 fully saturated rings. The molecular formula is C10H14BrN3S. The molecule has 2 heterocycles. The lowest BCUT2D eigenvalue weighted by Gasteiger charge is -2.33. The van der Waals surface area contributed by atoms with Crippen LogP contribution in [0, 0.1) is 0 Å². The van der Waals surface area contributed by atoms with Gasteiger partial charge < -0.3 is 4.90 Å². The predicted molar refractivity (Wildman–Crippen MR) is 68.5 cm³/mol. The van der Waals surface area contributed by atoms with E-state index >= 15 is 0 Å². The first kappa shape index (κ1) is 11.2. The number of nitrogens with zero attached hydrogens (tertiary/aromatic N) is 3. The molecule has 0 aromatic carbocycles. The highest BCUT2D eigenvalue weighted by atomic mass is 79.9. The van der Waals surface area contributed by atoms with Crippen LogP contribution in [0.4, 0.5) is 5.82 Å². The van der Waals surface area contributed by atoms with Crippen LogP contribution in [0.2, 0.25) is 0 Å². The molecule has 0 radical (unpaired) electrons. The van der Waals surface area contributed by atoms with Gasteiger partial charge in [-0.05, 0) is 35.0 Å². The Balaban J connectivity index is 2.13. The molecule has 1 aliphatic heterocycles. The number of piperidine rings is 1. The van der Waals surface area contributed by atoms with Crippen LogP contribution in [0.25, 0.3) is 0 Å². The summed E-state index contributed by atoms with van der Waals surface area (Å²) in [5, 5.41) is 0.737. The number of anilines is 1. The molecule has 2 rings (SSSR count). The Morgan fingerprint density at radius 2 is 2.47 bits per heavy atom. The Labute approximate surface area is 103 Å². The van der Waals surface area contributed by atoms with Crippen molar-refractivity contribution in [1.29, 1.82) is 0 Å². The lowest BCUT2D eigenvalue weighted by Crippen LogP contribution is -2.37. The summed E-state index contributed by atoms with van der Waals surface area (Å²) in [5.41, 5.74) is 0. The first-order valence-corrected chi connectivity index (χ1v) is 7.12. The molecule has 0 N–H and O–H groups in total. The smallest absolute Gasteiger partial charge is 0.146 e. The number of hydrogen-bond donors (Lipinski definition) is 0. The molecule has 1 aromatic heterocycles. The second-order valence-corrected chi connectivity index (χ2v) is 5.63. The Kier molecular flexibility index (Phi) is 3.86. The van der Waals surface area contributed by atoms with Gasteiger partial charge >= 0.3 is 0 Å². The summed E-state index contributed by atoms with van der Waals surface area (Å²) in [6.45, 7) is 2.20. The average molecular weight is 288 g/mol. The second kappa shape index (κ2) is 5.16. The van der Waals surface area contributed by atoms with Crippen LogP contribution in [0.5, 0.6) is 0 Å². The fourth-order valence-electron chi connectivity index (χ4n) is 1.86. The average Bonchev–Trinajstić information content (AvgIpc) is 2.30. The van der Waals surface area contributed by atoms with Crippen molar-refractivity contribution in [3.8, 4) is 0 Å². The highest BCUT2D eigenvalue weighted by Gasteiger charge is 2.21. The molecule has 15 heavy (non-hydrogen) atoms. The fourth-order valence-corrected chi connectivity index (χ4v) is 3.06. The predicted octanol–water partition coefficient (Wildman–Crippen LogP) is 2.57. The Morgan fingerprint density at radius 1 is 1.60 bits per heavy atom. The van der Waals surface area contributed by atoms with E-state index in [0.29, 0.717) is 0 Å². The van der Waals surface area contributed by atoms with E-state index < -0.39 is 0 Å². The summed E-state index contributed by atoms with van der Waals surface area (Å²) in [7, 11) is 0. The molecule has 0 amide bonds. The molecule has 0 saturated carbocycles. The van der Waals surface area contributed by atoms with Crippen molar-refractivity contribution in [2.24, 2.45) is 0 Å². The Morgan fingerprint density at radius 3 is 3.20 bits per heavy atom. The maximum Gasteiger partial charge on any atom is 0.146 e. The van der Waals surface area contributed by atoms with E-state index in [1.165, 1.54) is 12.8 Å². The van der Waals surface area contributed by atoms with Gasteiger partial charge in [0, 0.05) is 24.5 Å². The van der Waals surface area contributed by atoms with Crippen molar-refractivity contribution in [3.05, 3.63) is 17.0 Å². The molecule has 1 aliphatic rings. The molecule has 5 heteroatoms. The highest BCUT2D eigenvalue weighted by Crippen LogP contribution is 2.28. The van der Waals surface area contributed by atoms with Gasteiger partial charge in [0.05, 0.1) is 4.47 Å². The fraction of sp³-hybridized carbons (Fsp3) is 0.600. The summed E-state index contributed by atoms with van der Waals surface area (Å²) in [4.78, 5) is 10.7. The van der Waals surface area contributed by atoms with Crippen LogP contribution in [0.1, 0.15) is 12.8 Å². The van der Waals surface area contributed by atoms with E-state index in [1.54, 1.807) is 6.33 Å². The molecule has 1 aromatic rings. The van der Waals surface area contributed by atoms with Gasteiger partial charge in [0.2, 0.25) is 0 Å². The zero-order valence-electron chi connectivity index (χ0n) is 8.69. The van der Waals surface area contributed by atoms with Crippen molar-refractivity contribution in [3.63, 3.8) is 0 Å². The number of hydrogen-bond acceptors (Lipinski definition) is 4. The molecule has 82 valence electrons. The van der Waals surface area contributed by atoms with Crippen molar-refractivity contribution < 1.29 is 0 Å². The second-order valence-electron chi connectivity index (χ2n) is 3.64. The number of rotatable bonds is 2. The molecule has 3 nitrogen and oxygen atoms in total. The van der Waals surface area contributed by atoms with Gasteiger partial charge in [-0.15, -0.1) is 0 Å². The summed E-state index contributed by atoms with van der Waals surface area (Å²) < 4.78 is 0.992. The van der Waals surface area contributed by atoms with E-state index in [2.05, 4.69) is 37.1 Å². The summed E-state index contributed by atoms with van der Waals surface area (Å²) in [6, 6.07) is 0. The maximum atomic E-state index is 4.33. The lowest BCUT2D eigenvalue weighted by atomic mass is 10.1. The zero-order valence-corrected chi connectivity index (χ0v) is 11.1. The van der Waals surface area contributed by atoms with Crippen molar-refractivity contribution >= 4 is 33.5 Å². The Hall–Kier alpha value is -0.290. The van der Waals surface area contributed by atoms with E-state index in [0.717, 1.165) is 28.6 Å². The number of thioether (sulfide) groups is 1. The lowest BCUT2D eigenvalue weighted by molar-refractivity contribution is 0.584. The Bertz CT molecular complexity index is 334. The van der Waals surface area contributed by atoms with Gasteiger partial charge in [0.1, 0.15) is 12.1 Å². The minimum atomic E-state index is 0.737. The number of aromatic nitrogens is 2. The van der Waals surface area contributed by atoms with E-state index in [9.17, 15) is 0 Å². The van der Waals surface area contributed by atoms with E-state index in [1.807, 2.05) is 18.0 Å². The van der Waals surface area contributed by atoms with Crippen molar-refractivity contribution in [1.82, 2.24) is 9.97 Å². The highest BCUT2D eigenvalue weighted by molar-refractivity contribution is 9.10.